The molecule has 0 bridgehead atoms. The normalized spacial score (nSPS) is 14.0. The van der Waals surface area contributed by atoms with Crippen molar-refractivity contribution in [1.82, 2.24) is 14.8 Å². The fraction of sp³-hybridized carbons (Fsp3) is 0.381. The van der Waals surface area contributed by atoms with Gasteiger partial charge in [0.05, 0.1) is 24.1 Å². The molecule has 0 unspecified atom stereocenters. The van der Waals surface area contributed by atoms with E-state index in [0.29, 0.717) is 38.3 Å². The predicted molar refractivity (Wildman–Crippen MR) is 108 cm³/mol. The van der Waals surface area contributed by atoms with E-state index in [0.717, 1.165) is 16.9 Å². The molecule has 0 radical (unpaired) electrons. The first kappa shape index (κ1) is 19.7. The van der Waals surface area contributed by atoms with Gasteiger partial charge in [-0.05, 0) is 44.0 Å². The maximum absolute atomic E-state index is 12.9. The number of nitrogens with one attached hydrogen (secondary N) is 1. The van der Waals surface area contributed by atoms with Crippen LogP contribution in [0.2, 0.25) is 0 Å². The molecule has 0 aliphatic carbocycles. The Morgan fingerprint density at radius 2 is 1.82 bits per heavy atom. The van der Waals surface area contributed by atoms with Crippen molar-refractivity contribution in [2.45, 2.75) is 20.8 Å². The van der Waals surface area contributed by atoms with Crippen LogP contribution in [0.4, 0.5) is 16.2 Å². The second-order valence-electron chi connectivity index (χ2n) is 6.81. The average molecular weight is 382 g/mol. The Balaban J connectivity index is 1.66. The van der Waals surface area contributed by atoms with E-state index in [1.807, 2.05) is 18.2 Å². The van der Waals surface area contributed by atoms with Crippen molar-refractivity contribution in [3.8, 4) is 0 Å². The first-order valence-corrected chi connectivity index (χ1v) is 9.49. The molecule has 1 saturated heterocycles. The molecule has 1 aliphatic heterocycles. The number of ether oxygens (including phenoxy) is 1. The Morgan fingerprint density at radius 1 is 1.11 bits per heavy atom. The summed E-state index contributed by atoms with van der Waals surface area (Å²) in [7, 11) is 0. The zero-order valence-corrected chi connectivity index (χ0v) is 16.6. The maximum Gasteiger partial charge on any atom is 0.409 e. The minimum absolute atomic E-state index is 0.0828. The Morgan fingerprint density at radius 3 is 2.54 bits per heavy atom. The number of rotatable bonds is 4. The lowest BCUT2D eigenvalue weighted by molar-refractivity contribution is 0.0570. The molecular formula is C21H26N4O3. The van der Waals surface area contributed by atoms with Crippen molar-refractivity contribution < 1.29 is 14.3 Å². The first-order valence-electron chi connectivity index (χ1n) is 9.49. The van der Waals surface area contributed by atoms with Gasteiger partial charge in [-0.2, -0.15) is 0 Å². The van der Waals surface area contributed by atoms with Gasteiger partial charge < -0.3 is 19.9 Å². The highest BCUT2D eigenvalue weighted by Gasteiger charge is 2.25. The van der Waals surface area contributed by atoms with Gasteiger partial charge in [-0.25, -0.2) is 4.79 Å². The van der Waals surface area contributed by atoms with E-state index >= 15 is 0 Å². The number of benzene rings is 1. The summed E-state index contributed by atoms with van der Waals surface area (Å²) < 4.78 is 5.02. The highest BCUT2D eigenvalue weighted by atomic mass is 16.6. The third kappa shape index (κ3) is 4.42. The van der Waals surface area contributed by atoms with Crippen LogP contribution in [0.1, 0.15) is 28.4 Å². The monoisotopic (exact) mass is 382 g/mol. The molecule has 0 atom stereocenters. The smallest absolute Gasteiger partial charge is 0.409 e. The summed E-state index contributed by atoms with van der Waals surface area (Å²) in [4.78, 5) is 32.2. The topological polar surface area (TPSA) is 74.8 Å². The molecule has 7 nitrogen and oxygen atoms in total. The van der Waals surface area contributed by atoms with Crippen LogP contribution in [0.3, 0.4) is 0 Å². The lowest BCUT2D eigenvalue weighted by atomic mass is 10.1. The van der Waals surface area contributed by atoms with Gasteiger partial charge in [0.1, 0.15) is 0 Å². The predicted octanol–water partition coefficient (Wildman–Crippen LogP) is 3.36. The number of piperazine rings is 1. The number of aryl methyl sites for hydroxylation is 1. The van der Waals surface area contributed by atoms with Crippen LogP contribution >= 0.6 is 0 Å². The van der Waals surface area contributed by atoms with E-state index in [-0.39, 0.29) is 12.0 Å². The summed E-state index contributed by atoms with van der Waals surface area (Å²) in [6, 6.07) is 7.88. The van der Waals surface area contributed by atoms with Crippen molar-refractivity contribution in [3.05, 3.63) is 53.3 Å². The molecule has 148 valence electrons. The van der Waals surface area contributed by atoms with E-state index in [2.05, 4.69) is 30.2 Å². The highest BCUT2D eigenvalue weighted by Crippen LogP contribution is 2.23. The molecule has 1 N–H and O–H groups in total. The van der Waals surface area contributed by atoms with Crippen LogP contribution < -0.4 is 5.32 Å². The molecule has 1 aromatic heterocycles. The Labute approximate surface area is 165 Å². The Bertz CT molecular complexity index is 860. The molecular weight excluding hydrogens is 356 g/mol. The van der Waals surface area contributed by atoms with Gasteiger partial charge >= 0.3 is 6.09 Å². The summed E-state index contributed by atoms with van der Waals surface area (Å²) in [6.45, 7) is 8.15. The zero-order chi connectivity index (χ0) is 20.1. The van der Waals surface area contributed by atoms with E-state index in [1.54, 1.807) is 29.1 Å². The number of hydrogen-bond acceptors (Lipinski definition) is 5. The second-order valence-corrected chi connectivity index (χ2v) is 6.81. The second kappa shape index (κ2) is 8.73. The number of aromatic nitrogens is 1. The molecule has 28 heavy (non-hydrogen) atoms. The fourth-order valence-corrected chi connectivity index (χ4v) is 3.16. The third-order valence-electron chi connectivity index (χ3n) is 4.96. The van der Waals surface area contributed by atoms with E-state index in [9.17, 15) is 9.59 Å². The first-order chi connectivity index (χ1) is 13.5. The van der Waals surface area contributed by atoms with Gasteiger partial charge in [-0.3, -0.25) is 9.78 Å². The van der Waals surface area contributed by atoms with Gasteiger partial charge in [-0.15, -0.1) is 0 Å². The Hall–Kier alpha value is -3.09. The fourth-order valence-electron chi connectivity index (χ4n) is 3.16. The molecule has 7 heteroatoms. The number of amides is 2. The quantitative estimate of drug-likeness (QED) is 0.878. The van der Waals surface area contributed by atoms with Gasteiger partial charge in [0, 0.05) is 38.1 Å². The van der Waals surface area contributed by atoms with Crippen molar-refractivity contribution in [2.24, 2.45) is 0 Å². The third-order valence-corrected chi connectivity index (χ3v) is 4.96. The summed E-state index contributed by atoms with van der Waals surface area (Å²) in [6.07, 6.45) is 2.96. The molecule has 3 rings (SSSR count). The van der Waals surface area contributed by atoms with Crippen LogP contribution in [-0.4, -0.2) is 59.6 Å². The number of hydrogen-bond donors (Lipinski definition) is 1. The van der Waals surface area contributed by atoms with Crippen molar-refractivity contribution >= 4 is 23.4 Å². The number of nitrogens with zero attached hydrogens (tertiary/aromatic N) is 3. The SMILES string of the molecule is CCOC(=O)N1CCN(C(=O)c2cncc(Nc3cccc(C)c3C)c2)CC1. The van der Waals surface area contributed by atoms with Crippen molar-refractivity contribution in [3.63, 3.8) is 0 Å². The van der Waals surface area contributed by atoms with Gasteiger partial charge in [0.25, 0.3) is 5.91 Å². The summed E-state index contributed by atoms with van der Waals surface area (Å²) >= 11 is 0. The molecule has 2 heterocycles. The van der Waals surface area contributed by atoms with Gasteiger partial charge in [0.2, 0.25) is 0 Å². The molecule has 2 aromatic rings. The zero-order valence-electron chi connectivity index (χ0n) is 16.6. The minimum Gasteiger partial charge on any atom is -0.450 e. The van der Waals surface area contributed by atoms with Crippen molar-refractivity contribution in [1.29, 1.82) is 0 Å². The minimum atomic E-state index is -0.323. The number of anilines is 2. The molecule has 1 aromatic carbocycles. The van der Waals surface area contributed by atoms with E-state index in [1.165, 1.54) is 5.56 Å². The van der Waals surface area contributed by atoms with Crippen LogP contribution in [0.15, 0.2) is 36.7 Å². The number of carbonyl (C=O) groups excluding carboxylic acids is 2. The Kier molecular flexibility index (Phi) is 6.13. The summed E-state index contributed by atoms with van der Waals surface area (Å²) in [5.74, 6) is -0.0828. The lowest BCUT2D eigenvalue weighted by Gasteiger charge is -2.34. The lowest BCUT2D eigenvalue weighted by Crippen LogP contribution is -2.50. The van der Waals surface area contributed by atoms with Gasteiger partial charge in [0.15, 0.2) is 0 Å². The van der Waals surface area contributed by atoms with Gasteiger partial charge in [-0.1, -0.05) is 12.1 Å². The summed E-state index contributed by atoms with van der Waals surface area (Å²) in [5, 5.41) is 3.34. The molecule has 1 fully saturated rings. The molecule has 0 spiro atoms. The van der Waals surface area contributed by atoms with Crippen LogP contribution in [0.5, 0.6) is 0 Å². The highest BCUT2D eigenvalue weighted by molar-refractivity contribution is 5.95. The maximum atomic E-state index is 12.9. The summed E-state index contributed by atoms with van der Waals surface area (Å²) in [5.41, 5.74) is 4.65. The van der Waals surface area contributed by atoms with Crippen LogP contribution in [-0.2, 0) is 4.74 Å². The number of carbonyl (C=O) groups is 2. The van der Waals surface area contributed by atoms with E-state index in [4.69, 9.17) is 4.74 Å². The average Bonchev–Trinajstić information content (AvgIpc) is 2.71. The van der Waals surface area contributed by atoms with Crippen LogP contribution in [0, 0.1) is 13.8 Å². The molecule has 0 saturated carbocycles. The largest absolute Gasteiger partial charge is 0.450 e. The van der Waals surface area contributed by atoms with Crippen molar-refractivity contribution in [2.75, 3.05) is 38.1 Å². The van der Waals surface area contributed by atoms with Crippen LogP contribution in [0.25, 0.3) is 0 Å². The molecule has 2 amide bonds. The molecule has 1 aliphatic rings. The number of pyridine rings is 1. The standard InChI is InChI=1S/C21H26N4O3/c1-4-28-21(27)25-10-8-24(9-11-25)20(26)17-12-18(14-22-13-17)23-19-7-5-6-15(2)16(19)3/h5-7,12-14,23H,4,8-11H2,1-3H3. The van der Waals surface area contributed by atoms with E-state index < -0.39 is 0 Å².